The van der Waals surface area contributed by atoms with Crippen LogP contribution in [0.15, 0.2) is 46.9 Å². The van der Waals surface area contributed by atoms with Crippen molar-refractivity contribution in [2.75, 3.05) is 5.32 Å². The van der Waals surface area contributed by atoms with Crippen molar-refractivity contribution in [3.63, 3.8) is 0 Å². The van der Waals surface area contributed by atoms with Crippen molar-refractivity contribution in [3.8, 4) is 5.75 Å². The van der Waals surface area contributed by atoms with Crippen molar-refractivity contribution >= 4 is 63.1 Å². The third kappa shape index (κ3) is 3.46. The molecule has 1 heterocycles. The molecule has 0 atom stereocenters. The zero-order valence-electron chi connectivity index (χ0n) is 12.0. The Kier molecular flexibility index (Phi) is 4.62. The minimum Gasteiger partial charge on any atom is -0.505 e. The van der Waals surface area contributed by atoms with Crippen molar-refractivity contribution in [2.24, 2.45) is 0 Å². The predicted molar refractivity (Wildman–Crippen MR) is 98.0 cm³/mol. The summed E-state index contributed by atoms with van der Waals surface area (Å²) in [4.78, 5) is 12.2. The van der Waals surface area contributed by atoms with Gasteiger partial charge in [-0.2, -0.15) is 0 Å². The third-order valence-electron chi connectivity index (χ3n) is 3.15. The lowest BCUT2D eigenvalue weighted by Gasteiger charge is -2.10. The summed E-state index contributed by atoms with van der Waals surface area (Å²) in [7, 11) is 0. The van der Waals surface area contributed by atoms with Gasteiger partial charge in [-0.05, 0) is 36.5 Å². The number of aromatic hydroxyl groups is 1. The van der Waals surface area contributed by atoms with Gasteiger partial charge in [0, 0.05) is 11.1 Å². The molecular formula is C16H10Cl2N2O3S. The van der Waals surface area contributed by atoms with Gasteiger partial charge in [0.25, 0.3) is 5.91 Å². The zero-order chi connectivity index (χ0) is 17.3. The van der Waals surface area contributed by atoms with E-state index in [-0.39, 0.29) is 26.7 Å². The first-order valence-corrected chi connectivity index (χ1v) is 7.89. The number of rotatable bonds is 2. The smallest absolute Gasteiger partial charge is 0.293 e. The molecule has 0 aliphatic heterocycles. The number of carbonyl (C=O) groups is 1. The number of halogens is 2. The van der Waals surface area contributed by atoms with Crippen molar-refractivity contribution in [1.82, 2.24) is 5.32 Å². The number of nitrogens with one attached hydrogen (secondary N) is 2. The van der Waals surface area contributed by atoms with E-state index in [1.165, 1.54) is 12.1 Å². The molecule has 24 heavy (non-hydrogen) atoms. The van der Waals surface area contributed by atoms with Crippen LogP contribution < -0.4 is 10.6 Å². The van der Waals surface area contributed by atoms with E-state index >= 15 is 0 Å². The highest BCUT2D eigenvalue weighted by molar-refractivity contribution is 7.80. The number of hydrogen-bond donors (Lipinski definition) is 3. The molecule has 2 aromatic carbocycles. The van der Waals surface area contributed by atoms with Gasteiger partial charge >= 0.3 is 0 Å². The molecule has 0 fully saturated rings. The SMILES string of the molecule is O=C(NC(=S)Nc1cc(Cl)c(O)c(Cl)c1)c1cc2ccccc2o1. The summed E-state index contributed by atoms with van der Waals surface area (Å²) < 4.78 is 5.46. The van der Waals surface area contributed by atoms with E-state index in [9.17, 15) is 9.90 Å². The van der Waals surface area contributed by atoms with E-state index < -0.39 is 5.91 Å². The second kappa shape index (κ2) is 6.68. The summed E-state index contributed by atoms with van der Waals surface area (Å²) >= 11 is 16.7. The molecule has 1 aromatic heterocycles. The number of anilines is 1. The Morgan fingerprint density at radius 2 is 1.79 bits per heavy atom. The number of carbonyl (C=O) groups excluding carboxylic acids is 1. The fourth-order valence-electron chi connectivity index (χ4n) is 2.06. The first-order chi connectivity index (χ1) is 11.4. The summed E-state index contributed by atoms with van der Waals surface area (Å²) in [6.45, 7) is 0. The van der Waals surface area contributed by atoms with Gasteiger partial charge in [0.1, 0.15) is 5.58 Å². The average Bonchev–Trinajstić information content (AvgIpc) is 2.96. The Morgan fingerprint density at radius 3 is 2.46 bits per heavy atom. The molecule has 0 aliphatic carbocycles. The monoisotopic (exact) mass is 380 g/mol. The molecule has 8 heteroatoms. The van der Waals surface area contributed by atoms with Crippen LogP contribution in [0.4, 0.5) is 5.69 Å². The summed E-state index contributed by atoms with van der Waals surface area (Å²) in [5.74, 6) is -0.567. The highest BCUT2D eigenvalue weighted by Crippen LogP contribution is 2.34. The lowest BCUT2D eigenvalue weighted by molar-refractivity contribution is 0.0953. The number of amides is 1. The Bertz CT molecular complexity index is 899. The molecule has 0 spiro atoms. The van der Waals surface area contributed by atoms with Crippen molar-refractivity contribution in [2.45, 2.75) is 0 Å². The van der Waals surface area contributed by atoms with E-state index in [0.717, 1.165) is 5.39 Å². The van der Waals surface area contributed by atoms with Crippen LogP contribution in [0.25, 0.3) is 11.0 Å². The van der Waals surface area contributed by atoms with Gasteiger partial charge in [-0.1, -0.05) is 41.4 Å². The van der Waals surface area contributed by atoms with E-state index in [0.29, 0.717) is 11.3 Å². The molecule has 0 radical (unpaired) electrons. The largest absolute Gasteiger partial charge is 0.505 e. The van der Waals surface area contributed by atoms with Crippen LogP contribution >= 0.6 is 35.4 Å². The number of thiocarbonyl (C=S) groups is 1. The van der Waals surface area contributed by atoms with Gasteiger partial charge in [-0.3, -0.25) is 10.1 Å². The maximum atomic E-state index is 12.2. The molecule has 3 rings (SSSR count). The zero-order valence-corrected chi connectivity index (χ0v) is 14.3. The molecule has 0 unspecified atom stereocenters. The summed E-state index contributed by atoms with van der Waals surface area (Å²) in [5, 5.41) is 15.8. The van der Waals surface area contributed by atoms with E-state index in [1.54, 1.807) is 12.1 Å². The summed E-state index contributed by atoms with van der Waals surface area (Å²) in [6.07, 6.45) is 0. The molecule has 1 amide bonds. The van der Waals surface area contributed by atoms with Gasteiger partial charge in [0.2, 0.25) is 0 Å². The molecule has 3 N–H and O–H groups in total. The van der Waals surface area contributed by atoms with Gasteiger partial charge in [-0.25, -0.2) is 0 Å². The average molecular weight is 381 g/mol. The number of benzene rings is 2. The third-order valence-corrected chi connectivity index (χ3v) is 3.93. The van der Waals surface area contributed by atoms with E-state index in [2.05, 4.69) is 10.6 Å². The summed E-state index contributed by atoms with van der Waals surface area (Å²) in [6, 6.07) is 11.8. The molecule has 0 aliphatic rings. The van der Waals surface area contributed by atoms with Gasteiger partial charge < -0.3 is 14.8 Å². The predicted octanol–water partition coefficient (Wildman–Crippen LogP) is 4.57. The second-order valence-electron chi connectivity index (χ2n) is 4.85. The molecule has 0 saturated heterocycles. The lowest BCUT2D eigenvalue weighted by atomic mass is 10.2. The number of fused-ring (bicyclic) bond motifs is 1. The molecule has 0 bridgehead atoms. The minimum atomic E-state index is -0.486. The molecular weight excluding hydrogens is 371 g/mol. The highest BCUT2D eigenvalue weighted by Gasteiger charge is 2.14. The molecule has 122 valence electrons. The standard InChI is InChI=1S/C16H10Cl2N2O3S/c17-10-6-9(7-11(18)14(10)21)19-16(24)20-15(22)13-5-8-3-1-2-4-12(8)23-13/h1-7,21H,(H2,19,20,22,24). The quantitative estimate of drug-likeness (QED) is 0.448. The van der Waals surface area contributed by atoms with Crippen LogP contribution in [0.3, 0.4) is 0 Å². The minimum absolute atomic E-state index is 0.0401. The van der Waals surface area contributed by atoms with Crippen LogP contribution in [0.5, 0.6) is 5.75 Å². The van der Waals surface area contributed by atoms with Gasteiger partial charge in [0.05, 0.1) is 10.0 Å². The van der Waals surface area contributed by atoms with Crippen LogP contribution in [0, 0.1) is 0 Å². The molecule has 3 aromatic rings. The maximum absolute atomic E-state index is 12.2. The first kappa shape index (κ1) is 16.6. The van der Waals surface area contributed by atoms with E-state index in [4.69, 9.17) is 39.8 Å². The number of phenols is 1. The Morgan fingerprint density at radius 1 is 1.12 bits per heavy atom. The maximum Gasteiger partial charge on any atom is 0.293 e. The molecule has 0 saturated carbocycles. The highest BCUT2D eigenvalue weighted by atomic mass is 35.5. The van der Waals surface area contributed by atoms with Crippen LogP contribution in [-0.2, 0) is 0 Å². The van der Waals surface area contributed by atoms with Crippen LogP contribution in [-0.4, -0.2) is 16.1 Å². The second-order valence-corrected chi connectivity index (χ2v) is 6.07. The number of phenolic OH excluding ortho intramolecular Hbond substituents is 1. The summed E-state index contributed by atoms with van der Waals surface area (Å²) in [5.41, 5.74) is 1.04. The van der Waals surface area contributed by atoms with Crippen molar-refractivity contribution < 1.29 is 14.3 Å². The van der Waals surface area contributed by atoms with Crippen molar-refractivity contribution in [3.05, 3.63) is 58.3 Å². The normalized spacial score (nSPS) is 10.6. The van der Waals surface area contributed by atoms with Gasteiger partial charge in [0.15, 0.2) is 16.6 Å². The number of furan rings is 1. The fourth-order valence-corrected chi connectivity index (χ4v) is 2.76. The first-order valence-electron chi connectivity index (χ1n) is 6.73. The molecule has 5 nitrogen and oxygen atoms in total. The Hall–Kier alpha value is -2.28. The van der Waals surface area contributed by atoms with Crippen LogP contribution in [0.1, 0.15) is 10.6 Å². The van der Waals surface area contributed by atoms with E-state index in [1.807, 2.05) is 18.2 Å². The topological polar surface area (TPSA) is 74.5 Å². The Balaban J connectivity index is 1.71. The Labute approximate surface area is 152 Å². The van der Waals surface area contributed by atoms with Crippen molar-refractivity contribution in [1.29, 1.82) is 0 Å². The number of para-hydroxylation sites is 1. The van der Waals surface area contributed by atoms with Crippen LogP contribution in [0.2, 0.25) is 10.0 Å². The fraction of sp³-hybridized carbons (Fsp3) is 0. The lowest BCUT2D eigenvalue weighted by Crippen LogP contribution is -2.33. The number of hydrogen-bond acceptors (Lipinski definition) is 4. The van der Waals surface area contributed by atoms with Gasteiger partial charge in [-0.15, -0.1) is 0 Å².